The van der Waals surface area contributed by atoms with Gasteiger partial charge < -0.3 is 14.2 Å². The minimum Gasteiger partial charge on any atom is -0.496 e. The third-order valence-corrected chi connectivity index (χ3v) is 1.90. The van der Waals surface area contributed by atoms with Gasteiger partial charge in [0.1, 0.15) is 17.1 Å². The second-order valence-corrected chi connectivity index (χ2v) is 3.13. The Morgan fingerprint density at radius 3 is 2.50 bits per heavy atom. The fourth-order valence-electron chi connectivity index (χ4n) is 1.25. The minimum atomic E-state index is -4.82. The average Bonchev–Trinajstić information content (AvgIpc) is 2.27. The van der Waals surface area contributed by atoms with Crippen molar-refractivity contribution in [3.63, 3.8) is 0 Å². The maximum atomic E-state index is 12.0. The summed E-state index contributed by atoms with van der Waals surface area (Å²) in [5.74, 6) is -1.17. The van der Waals surface area contributed by atoms with Crippen LogP contribution in [0.15, 0.2) is 18.2 Å². The van der Waals surface area contributed by atoms with E-state index in [1.165, 1.54) is 13.2 Å². The molecule has 1 aromatic carbocycles. The Hall–Kier alpha value is -1.92. The van der Waals surface area contributed by atoms with E-state index in [2.05, 4.69) is 4.74 Å². The second kappa shape index (κ2) is 5.61. The maximum Gasteiger partial charge on any atom is 0.573 e. The minimum absolute atomic E-state index is 0.104. The van der Waals surface area contributed by atoms with Gasteiger partial charge in [0.05, 0.1) is 13.7 Å². The highest BCUT2D eigenvalue weighted by atomic mass is 19.4. The lowest BCUT2D eigenvalue weighted by atomic mass is 10.2. The van der Waals surface area contributed by atoms with Gasteiger partial charge in [-0.05, 0) is 25.1 Å². The Bertz CT molecular complexity index is 429. The lowest BCUT2D eigenvalue weighted by Gasteiger charge is -2.12. The van der Waals surface area contributed by atoms with Crippen molar-refractivity contribution < 1.29 is 32.2 Å². The first-order valence-electron chi connectivity index (χ1n) is 4.98. The highest BCUT2D eigenvalue weighted by Crippen LogP contribution is 2.28. The number of hydrogen-bond donors (Lipinski definition) is 0. The van der Waals surface area contributed by atoms with Crippen molar-refractivity contribution >= 4 is 5.97 Å². The Morgan fingerprint density at radius 1 is 1.33 bits per heavy atom. The topological polar surface area (TPSA) is 44.8 Å². The Kier molecular flexibility index (Phi) is 4.41. The Balaban J connectivity index is 3.05. The van der Waals surface area contributed by atoms with Crippen LogP contribution in [0.4, 0.5) is 13.2 Å². The van der Waals surface area contributed by atoms with Crippen LogP contribution in [-0.4, -0.2) is 26.0 Å². The molecular formula is C11H11F3O4. The van der Waals surface area contributed by atoms with Crippen LogP contribution in [0.5, 0.6) is 11.5 Å². The zero-order valence-corrected chi connectivity index (χ0v) is 9.71. The molecule has 0 amide bonds. The van der Waals surface area contributed by atoms with Crippen molar-refractivity contribution in [3.8, 4) is 11.5 Å². The highest BCUT2D eigenvalue weighted by molar-refractivity contribution is 5.93. The summed E-state index contributed by atoms with van der Waals surface area (Å²) in [6.07, 6.45) is -4.82. The summed E-state index contributed by atoms with van der Waals surface area (Å²) in [6.45, 7) is 1.69. The molecule has 0 aliphatic carbocycles. The summed E-state index contributed by atoms with van der Waals surface area (Å²) in [5, 5.41) is 0. The van der Waals surface area contributed by atoms with Crippen LogP contribution in [0.25, 0.3) is 0 Å². The summed E-state index contributed by atoms with van der Waals surface area (Å²) >= 11 is 0. The molecule has 0 atom stereocenters. The number of esters is 1. The van der Waals surface area contributed by atoms with E-state index in [1.54, 1.807) is 6.92 Å². The fraction of sp³-hybridized carbons (Fsp3) is 0.364. The van der Waals surface area contributed by atoms with Gasteiger partial charge in [-0.3, -0.25) is 0 Å². The lowest BCUT2D eigenvalue weighted by molar-refractivity contribution is -0.274. The van der Waals surface area contributed by atoms with E-state index in [1.807, 2.05) is 0 Å². The van der Waals surface area contributed by atoms with Crippen molar-refractivity contribution in [2.45, 2.75) is 13.3 Å². The molecule has 0 saturated heterocycles. The molecule has 0 unspecified atom stereocenters. The molecular weight excluding hydrogens is 253 g/mol. The smallest absolute Gasteiger partial charge is 0.496 e. The van der Waals surface area contributed by atoms with Crippen LogP contribution in [0.1, 0.15) is 17.3 Å². The predicted octanol–water partition coefficient (Wildman–Crippen LogP) is 2.77. The summed E-state index contributed by atoms with van der Waals surface area (Å²) in [5.41, 5.74) is -0.124. The first kappa shape index (κ1) is 14.1. The number of halogens is 3. The third kappa shape index (κ3) is 3.83. The summed E-state index contributed by atoms with van der Waals surface area (Å²) in [4.78, 5) is 11.5. The number of benzene rings is 1. The molecule has 0 radical (unpaired) electrons. The maximum absolute atomic E-state index is 12.0. The van der Waals surface area contributed by atoms with Crippen molar-refractivity contribution in [2.75, 3.05) is 13.7 Å². The quantitative estimate of drug-likeness (QED) is 0.784. The van der Waals surface area contributed by atoms with Crippen LogP contribution < -0.4 is 9.47 Å². The number of carbonyl (C=O) groups excluding carboxylic acids is 1. The van der Waals surface area contributed by atoms with Crippen LogP contribution in [-0.2, 0) is 4.74 Å². The number of hydrogen-bond acceptors (Lipinski definition) is 4. The van der Waals surface area contributed by atoms with Crippen LogP contribution in [0, 0.1) is 0 Å². The molecule has 1 aromatic rings. The Morgan fingerprint density at radius 2 is 2.00 bits per heavy atom. The summed E-state index contributed by atoms with van der Waals surface area (Å²) < 4.78 is 49.4. The summed E-state index contributed by atoms with van der Waals surface area (Å²) in [6, 6.07) is 3.17. The van der Waals surface area contributed by atoms with Gasteiger partial charge >= 0.3 is 12.3 Å². The first-order chi connectivity index (χ1) is 8.37. The molecule has 0 N–H and O–H groups in total. The number of alkyl halides is 3. The van der Waals surface area contributed by atoms with Gasteiger partial charge in [0.25, 0.3) is 0 Å². The van der Waals surface area contributed by atoms with Gasteiger partial charge in [0.2, 0.25) is 0 Å². The fourth-order valence-corrected chi connectivity index (χ4v) is 1.25. The third-order valence-electron chi connectivity index (χ3n) is 1.90. The van der Waals surface area contributed by atoms with E-state index in [-0.39, 0.29) is 17.9 Å². The number of carbonyl (C=O) groups is 1. The largest absolute Gasteiger partial charge is 0.573 e. The molecule has 18 heavy (non-hydrogen) atoms. The van der Waals surface area contributed by atoms with E-state index < -0.39 is 18.1 Å². The zero-order valence-electron chi connectivity index (χ0n) is 9.71. The highest BCUT2D eigenvalue weighted by Gasteiger charge is 2.31. The molecule has 0 spiro atoms. The summed E-state index contributed by atoms with van der Waals surface area (Å²) in [7, 11) is 1.29. The SMILES string of the molecule is CCOC(=O)c1cc(OC(F)(F)F)ccc1OC. The Labute approximate surface area is 101 Å². The molecule has 100 valence electrons. The monoisotopic (exact) mass is 264 g/mol. The van der Waals surface area contributed by atoms with Gasteiger partial charge in [-0.15, -0.1) is 13.2 Å². The lowest BCUT2D eigenvalue weighted by Crippen LogP contribution is -2.17. The molecule has 7 heteroatoms. The molecule has 0 saturated carbocycles. The standard InChI is InChI=1S/C11H11F3O4/c1-3-17-10(15)8-6-7(18-11(12,13)14)4-5-9(8)16-2/h4-6H,3H2,1-2H3. The van der Waals surface area contributed by atoms with Crippen LogP contribution in [0.3, 0.4) is 0 Å². The molecule has 0 fully saturated rings. The van der Waals surface area contributed by atoms with Gasteiger partial charge in [0.15, 0.2) is 0 Å². The zero-order chi connectivity index (χ0) is 13.8. The van der Waals surface area contributed by atoms with Crippen molar-refractivity contribution in [1.82, 2.24) is 0 Å². The van der Waals surface area contributed by atoms with Crippen LogP contribution in [0.2, 0.25) is 0 Å². The van der Waals surface area contributed by atoms with E-state index in [0.29, 0.717) is 0 Å². The van der Waals surface area contributed by atoms with Gasteiger partial charge in [-0.1, -0.05) is 0 Å². The average molecular weight is 264 g/mol. The van der Waals surface area contributed by atoms with Gasteiger partial charge in [0, 0.05) is 0 Å². The van der Waals surface area contributed by atoms with Gasteiger partial charge in [-0.2, -0.15) is 0 Å². The molecule has 0 bridgehead atoms. The molecule has 0 aliphatic rings. The van der Waals surface area contributed by atoms with Crippen molar-refractivity contribution in [1.29, 1.82) is 0 Å². The second-order valence-electron chi connectivity index (χ2n) is 3.13. The van der Waals surface area contributed by atoms with Crippen molar-refractivity contribution in [2.24, 2.45) is 0 Å². The molecule has 0 heterocycles. The van der Waals surface area contributed by atoms with E-state index >= 15 is 0 Å². The normalized spacial score (nSPS) is 10.9. The molecule has 4 nitrogen and oxygen atoms in total. The van der Waals surface area contributed by atoms with E-state index in [4.69, 9.17) is 9.47 Å². The number of ether oxygens (including phenoxy) is 3. The predicted molar refractivity (Wildman–Crippen MR) is 55.6 cm³/mol. The van der Waals surface area contributed by atoms with Crippen LogP contribution >= 0.6 is 0 Å². The van der Waals surface area contributed by atoms with E-state index in [9.17, 15) is 18.0 Å². The van der Waals surface area contributed by atoms with E-state index in [0.717, 1.165) is 12.1 Å². The molecule has 0 aromatic heterocycles. The molecule has 0 aliphatic heterocycles. The first-order valence-corrected chi connectivity index (χ1v) is 4.98. The number of rotatable bonds is 4. The van der Waals surface area contributed by atoms with Gasteiger partial charge in [-0.25, -0.2) is 4.79 Å². The number of methoxy groups -OCH3 is 1. The van der Waals surface area contributed by atoms with Crippen molar-refractivity contribution in [3.05, 3.63) is 23.8 Å². The molecule has 1 rings (SSSR count).